The van der Waals surface area contributed by atoms with Gasteiger partial charge >= 0.3 is 6.09 Å². The first-order valence-electron chi connectivity index (χ1n) is 9.49. The average Bonchev–Trinajstić information content (AvgIpc) is 3.09. The van der Waals surface area contributed by atoms with Gasteiger partial charge in [0, 0.05) is 11.6 Å². The van der Waals surface area contributed by atoms with Crippen molar-refractivity contribution >= 4 is 28.9 Å². The van der Waals surface area contributed by atoms with Gasteiger partial charge in [-0.1, -0.05) is 31.4 Å². The molecule has 2 N–H and O–H groups in total. The molecule has 0 atom stereocenters. The summed E-state index contributed by atoms with van der Waals surface area (Å²) >= 11 is 0. The number of hydrogen-bond acceptors (Lipinski definition) is 5. The first kappa shape index (κ1) is 16.2. The number of ether oxygens (including phenoxy) is 1. The number of benzene rings is 2. The molecule has 0 saturated heterocycles. The molecule has 0 spiro atoms. The lowest BCUT2D eigenvalue weighted by atomic mass is 9.96. The fourth-order valence-electron chi connectivity index (χ4n) is 3.89. The number of fused-ring (bicyclic) bond motifs is 2. The van der Waals surface area contributed by atoms with E-state index in [2.05, 4.69) is 15.6 Å². The van der Waals surface area contributed by atoms with Crippen LogP contribution in [0.3, 0.4) is 0 Å². The number of anilines is 2. The number of nitrogens with one attached hydrogen (secondary N) is 2. The Morgan fingerprint density at radius 2 is 1.85 bits per heavy atom. The molecule has 1 aliphatic carbocycles. The third-order valence-electron chi connectivity index (χ3n) is 5.35. The molecule has 2 heterocycles. The van der Waals surface area contributed by atoms with E-state index >= 15 is 0 Å². The smallest absolute Gasteiger partial charge is 0.411 e. The fraction of sp³-hybridized carbons (Fsp3) is 0.333. The van der Waals surface area contributed by atoms with Crippen LogP contribution in [-0.4, -0.2) is 17.1 Å². The molecule has 1 amide bonds. The molecule has 1 aromatic heterocycles. The van der Waals surface area contributed by atoms with Crippen molar-refractivity contribution in [3.63, 3.8) is 0 Å². The first-order valence-corrected chi connectivity index (χ1v) is 9.49. The van der Waals surface area contributed by atoms with Crippen LogP contribution in [0, 0.1) is 0 Å². The van der Waals surface area contributed by atoms with Crippen LogP contribution in [0.2, 0.25) is 0 Å². The highest BCUT2D eigenvalue weighted by Crippen LogP contribution is 2.31. The summed E-state index contributed by atoms with van der Waals surface area (Å²) in [7, 11) is 0. The maximum absolute atomic E-state index is 11.3. The minimum atomic E-state index is -0.405. The molecule has 1 aliphatic heterocycles. The SMILES string of the molecule is O=C1Nc2ccc(-c3ccc4oc(NC5CCCCC5)nc4c3)cc2CO1. The second-order valence-corrected chi connectivity index (χ2v) is 7.25. The summed E-state index contributed by atoms with van der Waals surface area (Å²) in [5.41, 5.74) is 5.50. The standard InChI is InChI=1S/C21H21N3O3/c25-21-24-17-8-6-13(10-15(17)12-26-21)14-7-9-19-18(11-14)23-20(27-19)22-16-4-2-1-3-5-16/h6-11,16H,1-5,12H2,(H,22,23)(H,24,25). The van der Waals surface area contributed by atoms with Gasteiger partial charge in [-0.2, -0.15) is 4.98 Å². The molecule has 5 rings (SSSR count). The number of cyclic esters (lactones) is 1. The van der Waals surface area contributed by atoms with E-state index in [-0.39, 0.29) is 6.61 Å². The molecule has 1 saturated carbocycles. The molecule has 0 bridgehead atoms. The molecule has 2 aromatic carbocycles. The average molecular weight is 363 g/mol. The maximum atomic E-state index is 11.3. The van der Waals surface area contributed by atoms with E-state index in [1.807, 2.05) is 36.4 Å². The minimum Gasteiger partial charge on any atom is -0.444 e. The molecule has 0 radical (unpaired) electrons. The Morgan fingerprint density at radius 1 is 1.04 bits per heavy atom. The minimum absolute atomic E-state index is 0.288. The number of rotatable bonds is 3. The maximum Gasteiger partial charge on any atom is 0.411 e. The highest BCUT2D eigenvalue weighted by atomic mass is 16.5. The quantitative estimate of drug-likeness (QED) is 0.660. The number of carbonyl (C=O) groups is 1. The predicted molar refractivity (Wildman–Crippen MR) is 104 cm³/mol. The van der Waals surface area contributed by atoms with Crippen LogP contribution in [-0.2, 0) is 11.3 Å². The lowest BCUT2D eigenvalue weighted by molar-refractivity contribution is 0.151. The molecule has 27 heavy (non-hydrogen) atoms. The Bertz CT molecular complexity index is 1010. The highest BCUT2D eigenvalue weighted by molar-refractivity contribution is 5.89. The van der Waals surface area contributed by atoms with Crippen LogP contribution in [0.4, 0.5) is 16.5 Å². The van der Waals surface area contributed by atoms with E-state index in [4.69, 9.17) is 9.15 Å². The van der Waals surface area contributed by atoms with E-state index in [1.54, 1.807) is 0 Å². The zero-order valence-corrected chi connectivity index (χ0v) is 15.0. The Balaban J connectivity index is 1.42. The number of carbonyl (C=O) groups excluding carboxylic acids is 1. The third-order valence-corrected chi connectivity index (χ3v) is 5.35. The summed E-state index contributed by atoms with van der Waals surface area (Å²) in [5, 5.41) is 6.15. The lowest BCUT2D eigenvalue weighted by Gasteiger charge is -2.21. The molecule has 2 aliphatic rings. The van der Waals surface area contributed by atoms with E-state index < -0.39 is 6.09 Å². The molecule has 138 valence electrons. The summed E-state index contributed by atoms with van der Waals surface area (Å²) in [6, 6.07) is 13.0. The van der Waals surface area contributed by atoms with Crippen molar-refractivity contribution in [1.29, 1.82) is 0 Å². The van der Waals surface area contributed by atoms with Gasteiger partial charge in [-0.05, 0) is 48.2 Å². The number of aromatic nitrogens is 1. The van der Waals surface area contributed by atoms with Gasteiger partial charge < -0.3 is 14.5 Å². The van der Waals surface area contributed by atoms with Crippen LogP contribution in [0.15, 0.2) is 40.8 Å². The number of hydrogen-bond donors (Lipinski definition) is 2. The summed E-state index contributed by atoms with van der Waals surface area (Å²) < 4.78 is 10.9. The number of nitrogens with zero attached hydrogens (tertiary/aromatic N) is 1. The zero-order chi connectivity index (χ0) is 18.2. The first-order chi connectivity index (χ1) is 13.2. The van der Waals surface area contributed by atoms with Crippen molar-refractivity contribution in [3.8, 4) is 11.1 Å². The van der Waals surface area contributed by atoms with Crippen LogP contribution in [0.5, 0.6) is 0 Å². The number of oxazole rings is 1. The van der Waals surface area contributed by atoms with Crippen molar-refractivity contribution < 1.29 is 13.9 Å². The molecule has 0 unspecified atom stereocenters. The second-order valence-electron chi connectivity index (χ2n) is 7.25. The molecule has 6 nitrogen and oxygen atoms in total. The summed E-state index contributed by atoms with van der Waals surface area (Å²) in [6.07, 6.45) is 5.81. The molecule has 6 heteroatoms. The summed E-state index contributed by atoms with van der Waals surface area (Å²) in [4.78, 5) is 15.9. The Labute approximate surface area is 156 Å². The Morgan fingerprint density at radius 3 is 2.74 bits per heavy atom. The van der Waals surface area contributed by atoms with Crippen molar-refractivity contribution in [2.75, 3.05) is 10.6 Å². The van der Waals surface area contributed by atoms with Crippen LogP contribution in [0.25, 0.3) is 22.2 Å². The normalized spacial score (nSPS) is 17.3. The zero-order valence-electron chi connectivity index (χ0n) is 15.0. The van der Waals surface area contributed by atoms with Gasteiger partial charge in [0.05, 0.1) is 5.69 Å². The summed E-state index contributed by atoms with van der Waals surface area (Å²) in [6.45, 7) is 0.288. The lowest BCUT2D eigenvalue weighted by Crippen LogP contribution is -2.22. The highest BCUT2D eigenvalue weighted by Gasteiger charge is 2.18. The molecule has 3 aromatic rings. The second kappa shape index (κ2) is 6.61. The van der Waals surface area contributed by atoms with Gasteiger partial charge in [-0.3, -0.25) is 5.32 Å². The van der Waals surface area contributed by atoms with Crippen molar-refractivity contribution in [3.05, 3.63) is 42.0 Å². The van der Waals surface area contributed by atoms with Crippen molar-refractivity contribution in [1.82, 2.24) is 4.98 Å². The van der Waals surface area contributed by atoms with Crippen LogP contribution < -0.4 is 10.6 Å². The topological polar surface area (TPSA) is 76.4 Å². The van der Waals surface area contributed by atoms with E-state index in [0.717, 1.165) is 33.5 Å². The Kier molecular flexibility index (Phi) is 3.96. The van der Waals surface area contributed by atoms with Gasteiger partial charge in [-0.25, -0.2) is 4.79 Å². The monoisotopic (exact) mass is 363 g/mol. The van der Waals surface area contributed by atoms with Gasteiger partial charge in [0.15, 0.2) is 5.58 Å². The van der Waals surface area contributed by atoms with Gasteiger partial charge in [-0.15, -0.1) is 0 Å². The van der Waals surface area contributed by atoms with Gasteiger partial charge in [0.25, 0.3) is 6.01 Å². The van der Waals surface area contributed by atoms with Crippen LogP contribution >= 0.6 is 0 Å². The van der Waals surface area contributed by atoms with Crippen molar-refractivity contribution in [2.24, 2.45) is 0 Å². The van der Waals surface area contributed by atoms with E-state index in [9.17, 15) is 4.79 Å². The fourth-order valence-corrected chi connectivity index (χ4v) is 3.89. The molecular formula is C21H21N3O3. The Hall–Kier alpha value is -3.02. The summed E-state index contributed by atoms with van der Waals surface area (Å²) in [5.74, 6) is 0. The number of amides is 1. The molecule has 1 fully saturated rings. The predicted octanol–water partition coefficient (Wildman–Crippen LogP) is 5.30. The largest absolute Gasteiger partial charge is 0.444 e. The van der Waals surface area contributed by atoms with E-state index in [0.29, 0.717) is 12.1 Å². The van der Waals surface area contributed by atoms with Gasteiger partial charge in [0.1, 0.15) is 12.1 Å². The third kappa shape index (κ3) is 3.23. The van der Waals surface area contributed by atoms with Crippen LogP contribution in [0.1, 0.15) is 37.7 Å². The van der Waals surface area contributed by atoms with Gasteiger partial charge in [0.2, 0.25) is 0 Å². The van der Waals surface area contributed by atoms with Crippen molar-refractivity contribution in [2.45, 2.75) is 44.8 Å². The molecular weight excluding hydrogens is 342 g/mol. The van der Waals surface area contributed by atoms with E-state index in [1.165, 1.54) is 32.1 Å².